The fourth-order valence-electron chi connectivity index (χ4n) is 1.45. The minimum absolute atomic E-state index is 0.0934. The average Bonchev–Trinajstić information content (AvgIpc) is 2.38. The van der Waals surface area contributed by atoms with E-state index in [1.807, 2.05) is 0 Å². The standard InChI is InChI=1S/C12H21N5O2/c1-10(2)16(3)7-5-4-6-13-12-14-8-11(9-15-12)17(18)19/h8-10H,4-7H2,1-3H3,(H,13,14,15). The van der Waals surface area contributed by atoms with Gasteiger partial charge >= 0.3 is 5.69 Å². The molecule has 0 bridgehead atoms. The summed E-state index contributed by atoms with van der Waals surface area (Å²) in [5.74, 6) is 0.433. The molecule has 1 heterocycles. The van der Waals surface area contributed by atoms with Crippen molar-refractivity contribution in [2.24, 2.45) is 0 Å². The van der Waals surface area contributed by atoms with Crippen molar-refractivity contribution in [2.75, 3.05) is 25.5 Å². The molecule has 7 nitrogen and oxygen atoms in total. The molecule has 19 heavy (non-hydrogen) atoms. The first-order chi connectivity index (χ1) is 9.00. The highest BCUT2D eigenvalue weighted by atomic mass is 16.6. The van der Waals surface area contributed by atoms with Gasteiger partial charge in [0.2, 0.25) is 5.95 Å². The summed E-state index contributed by atoms with van der Waals surface area (Å²) in [6, 6.07) is 0.561. The van der Waals surface area contributed by atoms with E-state index >= 15 is 0 Å². The lowest BCUT2D eigenvalue weighted by molar-refractivity contribution is -0.385. The van der Waals surface area contributed by atoms with Crippen LogP contribution in [0, 0.1) is 10.1 Å². The van der Waals surface area contributed by atoms with Crippen molar-refractivity contribution in [3.8, 4) is 0 Å². The first-order valence-corrected chi connectivity index (χ1v) is 6.41. The van der Waals surface area contributed by atoms with Crippen LogP contribution in [-0.4, -0.2) is 46.0 Å². The summed E-state index contributed by atoms with van der Waals surface area (Å²) in [7, 11) is 2.11. The van der Waals surface area contributed by atoms with E-state index in [0.717, 1.165) is 25.9 Å². The maximum absolute atomic E-state index is 10.4. The molecule has 0 atom stereocenters. The highest BCUT2D eigenvalue weighted by Crippen LogP contribution is 2.08. The van der Waals surface area contributed by atoms with Crippen LogP contribution in [0.2, 0.25) is 0 Å². The van der Waals surface area contributed by atoms with Gasteiger partial charge in [-0.15, -0.1) is 0 Å². The Balaban J connectivity index is 2.21. The largest absolute Gasteiger partial charge is 0.354 e. The van der Waals surface area contributed by atoms with Gasteiger partial charge in [0.15, 0.2) is 0 Å². The molecule has 0 saturated heterocycles. The quantitative estimate of drug-likeness (QED) is 0.440. The number of anilines is 1. The van der Waals surface area contributed by atoms with Crippen LogP contribution in [0.3, 0.4) is 0 Å². The average molecular weight is 267 g/mol. The first-order valence-electron chi connectivity index (χ1n) is 6.41. The molecule has 0 fully saturated rings. The molecule has 0 saturated carbocycles. The van der Waals surface area contributed by atoms with E-state index in [4.69, 9.17) is 0 Å². The molecule has 0 aliphatic carbocycles. The third-order valence-electron chi connectivity index (χ3n) is 2.95. The minimum atomic E-state index is -0.508. The zero-order valence-electron chi connectivity index (χ0n) is 11.7. The van der Waals surface area contributed by atoms with Gasteiger partial charge in [-0.3, -0.25) is 10.1 Å². The molecule has 0 aromatic carbocycles. The Labute approximate surface area is 113 Å². The van der Waals surface area contributed by atoms with Crippen LogP contribution in [0.1, 0.15) is 26.7 Å². The van der Waals surface area contributed by atoms with Crippen LogP contribution in [0.25, 0.3) is 0 Å². The molecule has 1 rings (SSSR count). The van der Waals surface area contributed by atoms with E-state index in [9.17, 15) is 10.1 Å². The van der Waals surface area contributed by atoms with Crippen molar-refractivity contribution in [2.45, 2.75) is 32.7 Å². The van der Waals surface area contributed by atoms with Crippen LogP contribution in [0.15, 0.2) is 12.4 Å². The lowest BCUT2D eigenvalue weighted by Crippen LogP contribution is -2.27. The maximum Gasteiger partial charge on any atom is 0.305 e. The summed E-state index contributed by atoms with van der Waals surface area (Å²) in [5.41, 5.74) is -0.0934. The Kier molecular flexibility index (Phi) is 6.14. The Morgan fingerprint density at radius 3 is 2.53 bits per heavy atom. The molecule has 0 radical (unpaired) electrons. The second-order valence-corrected chi connectivity index (χ2v) is 4.73. The molecular weight excluding hydrogens is 246 g/mol. The Morgan fingerprint density at radius 1 is 1.37 bits per heavy atom. The summed E-state index contributed by atoms with van der Waals surface area (Å²) in [6.07, 6.45) is 4.52. The summed E-state index contributed by atoms with van der Waals surface area (Å²) in [4.78, 5) is 20.0. The van der Waals surface area contributed by atoms with Gasteiger partial charge in [0.05, 0.1) is 4.92 Å². The first kappa shape index (κ1) is 15.3. The third kappa shape index (κ3) is 5.60. The highest BCUT2D eigenvalue weighted by Gasteiger charge is 2.06. The number of nitro groups is 1. The van der Waals surface area contributed by atoms with E-state index in [1.54, 1.807) is 0 Å². The van der Waals surface area contributed by atoms with Crippen molar-refractivity contribution in [3.63, 3.8) is 0 Å². The fourth-order valence-corrected chi connectivity index (χ4v) is 1.45. The van der Waals surface area contributed by atoms with Crippen molar-refractivity contribution in [1.29, 1.82) is 0 Å². The molecule has 0 unspecified atom stereocenters. The second kappa shape index (κ2) is 7.63. The zero-order valence-corrected chi connectivity index (χ0v) is 11.7. The van der Waals surface area contributed by atoms with E-state index in [0.29, 0.717) is 12.0 Å². The van der Waals surface area contributed by atoms with Gasteiger partial charge in [0.25, 0.3) is 0 Å². The van der Waals surface area contributed by atoms with Gasteiger partial charge in [-0.25, -0.2) is 9.97 Å². The summed E-state index contributed by atoms with van der Waals surface area (Å²) >= 11 is 0. The predicted molar refractivity (Wildman–Crippen MR) is 74.2 cm³/mol. The van der Waals surface area contributed by atoms with Gasteiger partial charge in [0, 0.05) is 12.6 Å². The molecule has 0 amide bonds. The fraction of sp³-hybridized carbons (Fsp3) is 0.667. The predicted octanol–water partition coefficient (Wildman–Crippen LogP) is 1.92. The second-order valence-electron chi connectivity index (χ2n) is 4.73. The molecule has 106 valence electrons. The Hall–Kier alpha value is -1.76. The number of hydrogen-bond donors (Lipinski definition) is 1. The van der Waals surface area contributed by atoms with Gasteiger partial charge < -0.3 is 10.2 Å². The van der Waals surface area contributed by atoms with Crippen LogP contribution >= 0.6 is 0 Å². The molecule has 0 aliphatic rings. The normalized spacial score (nSPS) is 11.0. The third-order valence-corrected chi connectivity index (χ3v) is 2.95. The van der Waals surface area contributed by atoms with E-state index in [1.165, 1.54) is 12.4 Å². The van der Waals surface area contributed by atoms with Crippen LogP contribution in [0.5, 0.6) is 0 Å². The Bertz CT molecular complexity index is 394. The van der Waals surface area contributed by atoms with E-state index in [-0.39, 0.29) is 5.69 Å². The monoisotopic (exact) mass is 267 g/mol. The summed E-state index contributed by atoms with van der Waals surface area (Å²) in [6.45, 7) is 6.16. The number of nitrogens with zero attached hydrogens (tertiary/aromatic N) is 4. The maximum atomic E-state index is 10.4. The van der Waals surface area contributed by atoms with Crippen LogP contribution < -0.4 is 5.32 Å². The van der Waals surface area contributed by atoms with Crippen LogP contribution in [0.4, 0.5) is 11.6 Å². The highest BCUT2D eigenvalue weighted by molar-refractivity contribution is 5.30. The smallest absolute Gasteiger partial charge is 0.305 e. The number of nitrogens with one attached hydrogen (secondary N) is 1. The number of aromatic nitrogens is 2. The molecule has 7 heteroatoms. The zero-order chi connectivity index (χ0) is 14.3. The van der Waals surface area contributed by atoms with E-state index in [2.05, 4.69) is 41.1 Å². The Morgan fingerprint density at radius 2 is 2.00 bits per heavy atom. The van der Waals surface area contributed by atoms with Gasteiger partial charge in [-0.05, 0) is 40.3 Å². The number of unbranched alkanes of at least 4 members (excludes halogenated alkanes) is 1. The summed E-state index contributed by atoms with van der Waals surface area (Å²) in [5, 5.41) is 13.5. The van der Waals surface area contributed by atoms with Gasteiger partial charge in [0.1, 0.15) is 12.4 Å². The topological polar surface area (TPSA) is 84.2 Å². The van der Waals surface area contributed by atoms with E-state index < -0.39 is 4.92 Å². The molecule has 1 aromatic rings. The minimum Gasteiger partial charge on any atom is -0.354 e. The van der Waals surface area contributed by atoms with Crippen molar-refractivity contribution >= 4 is 11.6 Å². The summed E-state index contributed by atoms with van der Waals surface area (Å²) < 4.78 is 0. The number of rotatable bonds is 8. The van der Waals surface area contributed by atoms with Crippen LogP contribution in [-0.2, 0) is 0 Å². The van der Waals surface area contributed by atoms with Crippen molar-refractivity contribution in [1.82, 2.24) is 14.9 Å². The van der Waals surface area contributed by atoms with Gasteiger partial charge in [-0.2, -0.15) is 0 Å². The molecule has 1 aromatic heterocycles. The SMILES string of the molecule is CC(C)N(C)CCCCNc1ncc([N+](=O)[O-])cn1. The molecule has 0 spiro atoms. The number of hydrogen-bond acceptors (Lipinski definition) is 6. The molecule has 1 N–H and O–H groups in total. The van der Waals surface area contributed by atoms with Gasteiger partial charge in [-0.1, -0.05) is 0 Å². The lowest BCUT2D eigenvalue weighted by atomic mass is 10.2. The molecule has 0 aliphatic heterocycles. The van der Waals surface area contributed by atoms with Crippen molar-refractivity contribution < 1.29 is 4.92 Å². The molecular formula is C12H21N5O2. The lowest BCUT2D eigenvalue weighted by Gasteiger charge is -2.20. The van der Waals surface area contributed by atoms with Crippen molar-refractivity contribution in [3.05, 3.63) is 22.5 Å².